The van der Waals surface area contributed by atoms with E-state index in [0.717, 1.165) is 25.1 Å². The van der Waals surface area contributed by atoms with Crippen LogP contribution in [0.5, 0.6) is 0 Å². The van der Waals surface area contributed by atoms with E-state index in [1.54, 1.807) is 7.05 Å². The van der Waals surface area contributed by atoms with Crippen LogP contribution < -0.4 is 4.90 Å². The number of piperidine rings is 1. The minimum absolute atomic E-state index is 0.250. The van der Waals surface area contributed by atoms with Gasteiger partial charge in [-0.15, -0.1) is 0 Å². The Balaban J connectivity index is 1.92. The number of rotatable bonds is 4. The summed E-state index contributed by atoms with van der Waals surface area (Å²) in [4.78, 5) is 5.82. The molecular weight excluding hydrogens is 331 g/mol. The monoisotopic (exact) mass is 351 g/mol. The van der Waals surface area contributed by atoms with Crippen molar-refractivity contribution in [3.05, 3.63) is 23.9 Å². The molecule has 0 atom stereocenters. The van der Waals surface area contributed by atoms with E-state index in [9.17, 15) is 21.6 Å². The van der Waals surface area contributed by atoms with Crippen LogP contribution in [0.1, 0.15) is 18.4 Å². The molecule has 0 aliphatic carbocycles. The maximum Gasteiger partial charge on any atom is 0.417 e. The van der Waals surface area contributed by atoms with Crippen molar-refractivity contribution in [3.63, 3.8) is 0 Å². The van der Waals surface area contributed by atoms with E-state index >= 15 is 0 Å². The molecule has 1 aliphatic rings. The highest BCUT2D eigenvalue weighted by Crippen LogP contribution is 2.30. The van der Waals surface area contributed by atoms with Gasteiger partial charge in [-0.3, -0.25) is 0 Å². The third-order valence-electron chi connectivity index (χ3n) is 4.10. The first-order valence-corrected chi connectivity index (χ1v) is 9.11. The lowest BCUT2D eigenvalue weighted by atomic mass is 9.97. The van der Waals surface area contributed by atoms with Crippen molar-refractivity contribution in [2.45, 2.75) is 19.0 Å². The zero-order chi connectivity index (χ0) is 17.3. The Hall–Kier alpha value is -1.35. The van der Waals surface area contributed by atoms with Crippen LogP contribution in [-0.2, 0) is 16.2 Å². The van der Waals surface area contributed by atoms with Gasteiger partial charge in [0, 0.05) is 32.9 Å². The number of hydrogen-bond acceptors (Lipinski definition) is 4. The third kappa shape index (κ3) is 4.81. The standard InChI is InChI=1S/C14H20F3N3O2S/c1-19(23(2,21)22)10-11-5-7-20(8-6-11)13-4-3-12(9-18-13)14(15,16)17/h3-4,9,11H,5-8,10H2,1-2H3. The van der Waals surface area contributed by atoms with Crippen LogP contribution in [0.25, 0.3) is 0 Å². The molecule has 0 spiro atoms. The fraction of sp³-hybridized carbons (Fsp3) is 0.643. The predicted octanol–water partition coefficient (Wildman–Crippen LogP) is 2.21. The number of aromatic nitrogens is 1. The molecule has 1 aliphatic heterocycles. The molecular formula is C14H20F3N3O2S. The van der Waals surface area contributed by atoms with Crippen molar-refractivity contribution >= 4 is 15.8 Å². The third-order valence-corrected chi connectivity index (χ3v) is 5.38. The summed E-state index contributed by atoms with van der Waals surface area (Å²) in [6.07, 6.45) is -0.799. The van der Waals surface area contributed by atoms with Gasteiger partial charge in [-0.1, -0.05) is 0 Å². The van der Waals surface area contributed by atoms with Gasteiger partial charge in [-0.25, -0.2) is 17.7 Å². The summed E-state index contributed by atoms with van der Waals surface area (Å²) >= 11 is 0. The number of halogens is 3. The van der Waals surface area contributed by atoms with E-state index < -0.39 is 21.8 Å². The second-order valence-electron chi connectivity index (χ2n) is 5.88. The maximum absolute atomic E-state index is 12.5. The highest BCUT2D eigenvalue weighted by Gasteiger charge is 2.31. The molecule has 5 nitrogen and oxygen atoms in total. The molecule has 2 rings (SSSR count). The molecule has 0 amide bonds. The van der Waals surface area contributed by atoms with Gasteiger partial charge in [0.05, 0.1) is 11.8 Å². The lowest BCUT2D eigenvalue weighted by Crippen LogP contribution is -2.39. The lowest BCUT2D eigenvalue weighted by Gasteiger charge is -2.34. The first-order chi connectivity index (χ1) is 10.6. The summed E-state index contributed by atoms with van der Waals surface area (Å²) in [6.45, 7) is 1.77. The van der Waals surface area contributed by atoms with Crippen LogP contribution in [-0.4, -0.2) is 50.6 Å². The van der Waals surface area contributed by atoms with Gasteiger partial charge in [0.2, 0.25) is 10.0 Å². The average molecular weight is 351 g/mol. The molecule has 1 aromatic rings. The fourth-order valence-corrected chi connectivity index (χ4v) is 3.07. The maximum atomic E-state index is 12.5. The highest BCUT2D eigenvalue weighted by molar-refractivity contribution is 7.88. The molecule has 130 valence electrons. The van der Waals surface area contributed by atoms with E-state index in [1.165, 1.54) is 16.6 Å². The Bertz CT molecular complexity index is 624. The Morgan fingerprint density at radius 3 is 2.35 bits per heavy atom. The number of sulfonamides is 1. The molecule has 0 bridgehead atoms. The number of hydrogen-bond donors (Lipinski definition) is 0. The summed E-state index contributed by atoms with van der Waals surface area (Å²) in [5.41, 5.74) is -0.758. The Morgan fingerprint density at radius 1 is 1.30 bits per heavy atom. The Labute approximate surface area is 134 Å². The van der Waals surface area contributed by atoms with Gasteiger partial charge in [0.1, 0.15) is 5.82 Å². The van der Waals surface area contributed by atoms with Crippen molar-refractivity contribution in [2.24, 2.45) is 5.92 Å². The first-order valence-electron chi connectivity index (χ1n) is 7.27. The van der Waals surface area contributed by atoms with E-state index in [4.69, 9.17) is 0 Å². The van der Waals surface area contributed by atoms with Crippen molar-refractivity contribution in [3.8, 4) is 0 Å². The van der Waals surface area contributed by atoms with E-state index in [1.807, 2.05) is 4.90 Å². The van der Waals surface area contributed by atoms with Crippen LogP contribution in [0.3, 0.4) is 0 Å². The SMILES string of the molecule is CN(CC1CCN(c2ccc(C(F)(F)F)cn2)CC1)S(C)(=O)=O. The average Bonchev–Trinajstić information content (AvgIpc) is 2.46. The number of pyridine rings is 1. The smallest absolute Gasteiger partial charge is 0.357 e. The molecule has 0 saturated carbocycles. The molecule has 1 saturated heterocycles. The second kappa shape index (κ2) is 6.64. The molecule has 0 radical (unpaired) electrons. The minimum Gasteiger partial charge on any atom is -0.357 e. The van der Waals surface area contributed by atoms with Gasteiger partial charge < -0.3 is 4.90 Å². The largest absolute Gasteiger partial charge is 0.417 e. The van der Waals surface area contributed by atoms with Gasteiger partial charge in [0.15, 0.2) is 0 Å². The topological polar surface area (TPSA) is 53.5 Å². The zero-order valence-corrected chi connectivity index (χ0v) is 13.9. The zero-order valence-electron chi connectivity index (χ0n) is 13.0. The molecule has 23 heavy (non-hydrogen) atoms. The molecule has 1 aromatic heterocycles. The summed E-state index contributed by atoms with van der Waals surface area (Å²) in [6, 6.07) is 2.41. The predicted molar refractivity (Wildman–Crippen MR) is 81.6 cm³/mol. The van der Waals surface area contributed by atoms with Crippen molar-refractivity contribution < 1.29 is 21.6 Å². The highest BCUT2D eigenvalue weighted by atomic mass is 32.2. The molecule has 0 unspecified atom stereocenters. The quantitative estimate of drug-likeness (QED) is 0.835. The first kappa shape index (κ1) is 18.0. The van der Waals surface area contributed by atoms with E-state index in [-0.39, 0.29) is 5.92 Å². The van der Waals surface area contributed by atoms with Gasteiger partial charge in [0.25, 0.3) is 0 Å². The van der Waals surface area contributed by atoms with Gasteiger partial charge in [-0.05, 0) is 30.9 Å². The fourth-order valence-electron chi connectivity index (χ4n) is 2.58. The van der Waals surface area contributed by atoms with Crippen LogP contribution >= 0.6 is 0 Å². The van der Waals surface area contributed by atoms with Gasteiger partial charge in [-0.2, -0.15) is 13.2 Å². The number of alkyl halides is 3. The Kier molecular flexibility index (Phi) is 5.20. The van der Waals surface area contributed by atoms with Crippen molar-refractivity contribution in [2.75, 3.05) is 37.8 Å². The van der Waals surface area contributed by atoms with E-state index in [2.05, 4.69) is 4.98 Å². The normalized spacial score (nSPS) is 17.7. The van der Waals surface area contributed by atoms with Crippen LogP contribution in [0.2, 0.25) is 0 Å². The number of anilines is 1. The Morgan fingerprint density at radius 2 is 1.91 bits per heavy atom. The summed E-state index contributed by atoms with van der Waals surface area (Å²) in [5, 5.41) is 0. The number of nitrogens with zero attached hydrogens (tertiary/aromatic N) is 3. The molecule has 0 aromatic carbocycles. The van der Waals surface area contributed by atoms with Crippen LogP contribution in [0.4, 0.5) is 19.0 Å². The summed E-state index contributed by atoms with van der Waals surface area (Å²) < 4.78 is 61.7. The summed E-state index contributed by atoms with van der Waals surface area (Å²) in [7, 11) is -1.63. The summed E-state index contributed by atoms with van der Waals surface area (Å²) in [5.74, 6) is 0.772. The van der Waals surface area contributed by atoms with Crippen LogP contribution in [0.15, 0.2) is 18.3 Å². The van der Waals surface area contributed by atoms with E-state index in [0.29, 0.717) is 25.5 Å². The molecule has 1 fully saturated rings. The van der Waals surface area contributed by atoms with Crippen molar-refractivity contribution in [1.82, 2.24) is 9.29 Å². The second-order valence-corrected chi connectivity index (χ2v) is 7.97. The van der Waals surface area contributed by atoms with Gasteiger partial charge >= 0.3 is 6.18 Å². The lowest BCUT2D eigenvalue weighted by molar-refractivity contribution is -0.137. The van der Waals surface area contributed by atoms with Crippen LogP contribution in [0, 0.1) is 5.92 Å². The van der Waals surface area contributed by atoms with Crippen molar-refractivity contribution in [1.29, 1.82) is 0 Å². The molecule has 0 N–H and O–H groups in total. The molecule has 9 heteroatoms. The minimum atomic E-state index is -4.38. The molecule has 2 heterocycles.